The van der Waals surface area contributed by atoms with Crippen LogP contribution in [0.1, 0.15) is 104 Å². The predicted octanol–water partition coefficient (Wildman–Crippen LogP) is 3.71. The van der Waals surface area contributed by atoms with Crippen LogP contribution in [0.4, 0.5) is 4.79 Å². The van der Waals surface area contributed by atoms with Gasteiger partial charge >= 0.3 is 6.03 Å². The van der Waals surface area contributed by atoms with E-state index in [1.165, 1.54) is 4.90 Å². The molecule has 45 heavy (non-hydrogen) atoms. The van der Waals surface area contributed by atoms with Crippen LogP contribution in [0, 0.1) is 11.3 Å². The molecule has 4 atom stereocenters. The van der Waals surface area contributed by atoms with Gasteiger partial charge in [0.05, 0.1) is 6.04 Å². The zero-order valence-corrected chi connectivity index (χ0v) is 27.4. The molecule has 1 aromatic rings. The van der Waals surface area contributed by atoms with Crippen molar-refractivity contribution >= 4 is 29.5 Å². The Hall–Kier alpha value is -3.63. The van der Waals surface area contributed by atoms with Gasteiger partial charge in [-0.15, -0.1) is 0 Å². The molecule has 1 saturated heterocycles. The maximum Gasteiger partial charge on any atom is 0.315 e. The number of unbranched alkanes of at least 4 members (excludes halogenated alkanes) is 3. The average molecular weight is 628 g/mol. The van der Waals surface area contributed by atoms with E-state index in [-0.39, 0.29) is 23.6 Å². The Morgan fingerprint density at radius 3 is 2.33 bits per heavy atom. The van der Waals surface area contributed by atoms with Gasteiger partial charge in [-0.05, 0) is 61.1 Å². The number of benzene rings is 1. The van der Waals surface area contributed by atoms with Gasteiger partial charge in [0, 0.05) is 12.6 Å². The number of nitrogens with two attached hydrogens (primary N) is 1. The predicted molar refractivity (Wildman–Crippen MR) is 172 cm³/mol. The third-order valence-electron chi connectivity index (χ3n) is 9.03. The standard InChI is InChI=1S/C34H53N5O6/c1-5-6-7-8-15-24(19-23-14-10-16-25(40)20-23)36-33(45)38-29(34(2,3)4)32(44)39-18-11-17-27(39)31(43)37-26(28(41)30(35)42)21-22-12-9-13-22/h10,14,16,20,22,24,26-27,29,40H,5-9,11-13,15,17-19,21H2,1-4H3,(H2,35,42)(H,37,43)(H2,36,38,45)/t24?,26?,27-,29?/m0/s1. The molecule has 0 bridgehead atoms. The quantitative estimate of drug-likeness (QED) is 0.138. The lowest BCUT2D eigenvalue weighted by atomic mass is 9.80. The lowest BCUT2D eigenvalue weighted by Gasteiger charge is -2.36. The first-order valence-corrected chi connectivity index (χ1v) is 16.6. The van der Waals surface area contributed by atoms with E-state index in [2.05, 4.69) is 22.9 Å². The van der Waals surface area contributed by atoms with Gasteiger partial charge in [0.25, 0.3) is 5.91 Å². The summed E-state index contributed by atoms with van der Waals surface area (Å²) in [5, 5.41) is 18.6. The van der Waals surface area contributed by atoms with E-state index in [1.54, 1.807) is 18.2 Å². The van der Waals surface area contributed by atoms with E-state index >= 15 is 0 Å². The van der Waals surface area contributed by atoms with Crippen molar-refractivity contribution in [2.24, 2.45) is 17.1 Å². The topological polar surface area (TPSA) is 171 Å². The number of amides is 5. The number of phenols is 1. The smallest absolute Gasteiger partial charge is 0.315 e. The van der Waals surface area contributed by atoms with Gasteiger partial charge in [-0.2, -0.15) is 0 Å². The van der Waals surface area contributed by atoms with Crippen molar-refractivity contribution in [2.45, 2.75) is 129 Å². The van der Waals surface area contributed by atoms with E-state index in [1.807, 2.05) is 26.8 Å². The number of Topliss-reactive ketones (excluding diaryl/α,β-unsaturated/α-hetero) is 1. The molecule has 250 valence electrons. The summed E-state index contributed by atoms with van der Waals surface area (Å²) < 4.78 is 0. The van der Waals surface area contributed by atoms with Crippen LogP contribution in [0.15, 0.2) is 24.3 Å². The van der Waals surface area contributed by atoms with Crippen LogP contribution in [-0.4, -0.2) is 70.3 Å². The number of carbonyl (C=O) groups excluding carboxylic acids is 5. The Bertz CT molecular complexity index is 1190. The van der Waals surface area contributed by atoms with Gasteiger partial charge in [-0.1, -0.05) is 84.8 Å². The van der Waals surface area contributed by atoms with E-state index in [0.29, 0.717) is 32.2 Å². The zero-order chi connectivity index (χ0) is 33.1. The second kappa shape index (κ2) is 16.6. The highest BCUT2D eigenvalue weighted by Gasteiger charge is 2.43. The highest BCUT2D eigenvalue weighted by Crippen LogP contribution is 2.31. The number of primary amides is 1. The molecule has 2 aliphatic rings. The van der Waals surface area contributed by atoms with Crippen LogP contribution < -0.4 is 21.7 Å². The van der Waals surface area contributed by atoms with Crippen molar-refractivity contribution in [1.82, 2.24) is 20.9 Å². The first-order chi connectivity index (χ1) is 21.3. The normalized spacial score (nSPS) is 18.8. The maximum atomic E-state index is 14.0. The second-order valence-electron chi connectivity index (χ2n) is 13.8. The molecule has 0 spiro atoms. The maximum absolute atomic E-state index is 14.0. The van der Waals surface area contributed by atoms with Crippen molar-refractivity contribution in [3.63, 3.8) is 0 Å². The minimum absolute atomic E-state index is 0.164. The largest absolute Gasteiger partial charge is 0.508 e. The van der Waals surface area contributed by atoms with Gasteiger partial charge in [0.15, 0.2) is 0 Å². The third kappa shape index (κ3) is 10.7. The molecule has 0 aromatic heterocycles. The average Bonchev–Trinajstić information content (AvgIpc) is 3.44. The number of hydrogen-bond acceptors (Lipinski definition) is 6. The van der Waals surface area contributed by atoms with Crippen LogP contribution in [0.3, 0.4) is 0 Å². The van der Waals surface area contributed by atoms with Crippen LogP contribution >= 0.6 is 0 Å². The van der Waals surface area contributed by atoms with Crippen LogP contribution in [-0.2, 0) is 25.6 Å². The molecule has 1 aromatic carbocycles. The fraction of sp³-hybridized carbons (Fsp3) is 0.676. The zero-order valence-electron chi connectivity index (χ0n) is 27.4. The number of hydrogen-bond donors (Lipinski definition) is 5. The molecule has 3 unspecified atom stereocenters. The van der Waals surface area contributed by atoms with Crippen molar-refractivity contribution in [1.29, 1.82) is 0 Å². The van der Waals surface area contributed by atoms with Crippen LogP contribution in [0.25, 0.3) is 0 Å². The number of rotatable bonds is 16. The molecular weight excluding hydrogens is 574 g/mol. The minimum Gasteiger partial charge on any atom is -0.508 e. The molecule has 11 nitrogen and oxygen atoms in total. The highest BCUT2D eigenvalue weighted by molar-refractivity contribution is 6.37. The lowest BCUT2D eigenvalue weighted by molar-refractivity contribution is -0.143. The summed E-state index contributed by atoms with van der Waals surface area (Å²) in [6, 6.07) is 3.53. The molecule has 1 heterocycles. The Kier molecular flexibility index (Phi) is 13.2. The summed E-state index contributed by atoms with van der Waals surface area (Å²) in [6.07, 6.45) is 9.72. The van der Waals surface area contributed by atoms with Crippen molar-refractivity contribution in [2.75, 3.05) is 6.54 Å². The molecule has 11 heteroatoms. The molecule has 3 rings (SSSR count). The molecule has 1 aliphatic carbocycles. The first kappa shape index (κ1) is 35.8. The van der Waals surface area contributed by atoms with Crippen LogP contribution in [0.5, 0.6) is 5.75 Å². The SMILES string of the molecule is CCCCCCC(Cc1cccc(O)c1)NC(=O)NC(C(=O)N1CCC[C@H]1C(=O)NC(CC1CCC1)C(=O)C(N)=O)C(C)(C)C. The summed E-state index contributed by atoms with van der Waals surface area (Å²) in [5.74, 6) is -2.37. The summed E-state index contributed by atoms with van der Waals surface area (Å²) in [6.45, 7) is 8.05. The highest BCUT2D eigenvalue weighted by atomic mass is 16.3. The van der Waals surface area contributed by atoms with E-state index < -0.39 is 47.2 Å². The monoisotopic (exact) mass is 627 g/mol. The van der Waals surface area contributed by atoms with Crippen molar-refractivity contribution in [3.05, 3.63) is 29.8 Å². The van der Waals surface area contributed by atoms with E-state index in [0.717, 1.165) is 56.9 Å². The van der Waals surface area contributed by atoms with Crippen molar-refractivity contribution in [3.8, 4) is 5.75 Å². The Labute approximate surface area is 267 Å². The van der Waals surface area contributed by atoms with Crippen LogP contribution in [0.2, 0.25) is 0 Å². The molecule has 5 amide bonds. The number of carbonyl (C=O) groups is 5. The Morgan fingerprint density at radius 1 is 1.00 bits per heavy atom. The molecule has 1 saturated carbocycles. The van der Waals surface area contributed by atoms with Gasteiger partial charge in [-0.3, -0.25) is 19.2 Å². The molecule has 1 aliphatic heterocycles. The molecule has 0 radical (unpaired) electrons. The number of phenolic OH excluding ortho intramolecular Hbond substituents is 1. The summed E-state index contributed by atoms with van der Waals surface area (Å²) >= 11 is 0. The Balaban J connectivity index is 1.70. The first-order valence-electron chi connectivity index (χ1n) is 16.6. The number of urea groups is 1. The fourth-order valence-electron chi connectivity index (χ4n) is 6.22. The summed E-state index contributed by atoms with van der Waals surface area (Å²) in [7, 11) is 0. The number of ketones is 1. The molecular formula is C34H53N5O6. The summed E-state index contributed by atoms with van der Waals surface area (Å²) in [4.78, 5) is 66.5. The van der Waals surface area contributed by atoms with E-state index in [9.17, 15) is 29.1 Å². The molecule has 6 N–H and O–H groups in total. The minimum atomic E-state index is -1.09. The van der Waals surface area contributed by atoms with Gasteiger partial charge in [0.2, 0.25) is 17.6 Å². The number of likely N-dealkylation sites (tertiary alicyclic amines) is 1. The molecule has 2 fully saturated rings. The third-order valence-corrected chi connectivity index (χ3v) is 9.03. The van der Waals surface area contributed by atoms with Crippen molar-refractivity contribution < 1.29 is 29.1 Å². The number of nitrogens with one attached hydrogen (secondary N) is 3. The van der Waals surface area contributed by atoms with Gasteiger partial charge in [-0.25, -0.2) is 4.79 Å². The number of aromatic hydroxyl groups is 1. The second-order valence-corrected chi connectivity index (χ2v) is 13.8. The summed E-state index contributed by atoms with van der Waals surface area (Å²) in [5.41, 5.74) is 5.50. The Morgan fingerprint density at radius 2 is 1.73 bits per heavy atom. The van der Waals surface area contributed by atoms with Gasteiger partial charge < -0.3 is 31.7 Å². The fourth-order valence-corrected chi connectivity index (χ4v) is 6.22. The lowest BCUT2D eigenvalue weighted by Crippen LogP contribution is -2.60. The number of nitrogens with zero attached hydrogens (tertiary/aromatic N) is 1. The van der Waals surface area contributed by atoms with E-state index in [4.69, 9.17) is 5.73 Å². The van der Waals surface area contributed by atoms with Gasteiger partial charge in [0.1, 0.15) is 17.8 Å².